The fourth-order valence-corrected chi connectivity index (χ4v) is 1.83. The van der Waals surface area contributed by atoms with Gasteiger partial charge < -0.3 is 19.5 Å². The summed E-state index contributed by atoms with van der Waals surface area (Å²) >= 11 is 0. The summed E-state index contributed by atoms with van der Waals surface area (Å²) in [5.41, 5.74) is 0.760. The Kier molecular flexibility index (Phi) is 8.39. The van der Waals surface area contributed by atoms with Gasteiger partial charge in [-0.3, -0.25) is 4.79 Å². The van der Waals surface area contributed by atoms with Crippen LogP contribution >= 0.6 is 0 Å². The van der Waals surface area contributed by atoms with Crippen molar-refractivity contribution in [3.8, 4) is 11.5 Å². The molecule has 0 aliphatic rings. The highest BCUT2D eigenvalue weighted by Crippen LogP contribution is 2.28. The molecule has 0 heterocycles. The van der Waals surface area contributed by atoms with Crippen LogP contribution < -0.4 is 14.8 Å². The molecule has 0 fully saturated rings. The second kappa shape index (κ2) is 10.3. The van der Waals surface area contributed by atoms with Crippen molar-refractivity contribution in [1.82, 2.24) is 5.32 Å². The van der Waals surface area contributed by atoms with Crippen molar-refractivity contribution in [1.29, 1.82) is 0 Å². The van der Waals surface area contributed by atoms with Crippen molar-refractivity contribution < 1.29 is 23.8 Å². The number of ether oxygens (including phenoxy) is 3. The summed E-state index contributed by atoms with van der Waals surface area (Å²) in [7, 11) is 1.55. The van der Waals surface area contributed by atoms with Crippen molar-refractivity contribution in [2.75, 3.05) is 20.3 Å². The molecule has 1 aromatic rings. The molecule has 1 amide bonds. The summed E-state index contributed by atoms with van der Waals surface area (Å²) in [5.74, 6) is 0.331. The summed E-state index contributed by atoms with van der Waals surface area (Å²) in [6, 6.07) is 5.38. The van der Waals surface area contributed by atoms with Crippen LogP contribution in [0, 0.1) is 0 Å². The van der Waals surface area contributed by atoms with E-state index in [0.717, 1.165) is 12.0 Å². The molecule has 0 aliphatic heterocycles. The predicted octanol–water partition coefficient (Wildman–Crippen LogP) is 2.57. The lowest BCUT2D eigenvalue weighted by Crippen LogP contribution is -2.35. The third-order valence-corrected chi connectivity index (χ3v) is 3.26. The highest BCUT2D eigenvalue weighted by molar-refractivity contribution is 5.89. The molecule has 1 atom stereocenters. The number of hydrogen-bond donors (Lipinski definition) is 1. The average molecular weight is 335 g/mol. The number of rotatable bonds is 9. The van der Waals surface area contributed by atoms with E-state index in [0.29, 0.717) is 18.1 Å². The van der Waals surface area contributed by atoms with E-state index in [-0.39, 0.29) is 18.6 Å². The number of hydrogen-bond acceptors (Lipinski definition) is 5. The first-order valence-electron chi connectivity index (χ1n) is 7.95. The standard InChI is InChI=1S/C18H25NO5/c1-5-13(3)19-17(20)12-24-18(21)10-8-14-7-9-15(23-6-2)16(11-14)22-4/h7-11,13H,5-6,12H2,1-4H3,(H,19,20)/b10-8+/t13-/m1/s1. The lowest BCUT2D eigenvalue weighted by atomic mass is 10.2. The lowest BCUT2D eigenvalue weighted by molar-refractivity contribution is -0.144. The Labute approximate surface area is 142 Å². The molecule has 0 saturated heterocycles. The van der Waals surface area contributed by atoms with Crippen LogP contribution in [0.2, 0.25) is 0 Å². The van der Waals surface area contributed by atoms with E-state index in [1.807, 2.05) is 20.8 Å². The summed E-state index contributed by atoms with van der Waals surface area (Å²) in [4.78, 5) is 23.2. The largest absolute Gasteiger partial charge is 0.493 e. The van der Waals surface area contributed by atoms with E-state index in [1.165, 1.54) is 6.08 Å². The lowest BCUT2D eigenvalue weighted by Gasteiger charge is -2.10. The molecule has 1 rings (SSSR count). The molecule has 0 radical (unpaired) electrons. The van der Waals surface area contributed by atoms with Crippen molar-refractivity contribution in [2.24, 2.45) is 0 Å². The van der Waals surface area contributed by atoms with Crippen LogP contribution in [0.15, 0.2) is 24.3 Å². The molecule has 0 spiro atoms. The Bertz CT molecular complexity index is 583. The van der Waals surface area contributed by atoms with Gasteiger partial charge in [0.05, 0.1) is 13.7 Å². The maximum atomic E-state index is 11.7. The van der Waals surface area contributed by atoms with Gasteiger partial charge in [-0.15, -0.1) is 0 Å². The van der Waals surface area contributed by atoms with E-state index >= 15 is 0 Å². The average Bonchev–Trinajstić information content (AvgIpc) is 2.59. The van der Waals surface area contributed by atoms with Gasteiger partial charge in [0.2, 0.25) is 0 Å². The minimum Gasteiger partial charge on any atom is -0.493 e. The molecule has 1 aromatic carbocycles. The van der Waals surface area contributed by atoms with Gasteiger partial charge in [0, 0.05) is 12.1 Å². The molecule has 0 unspecified atom stereocenters. The SMILES string of the molecule is CCOc1ccc(/C=C/C(=O)OCC(=O)N[C@H](C)CC)cc1OC. The number of carbonyl (C=O) groups excluding carboxylic acids is 2. The van der Waals surface area contributed by atoms with E-state index < -0.39 is 5.97 Å². The molecular weight excluding hydrogens is 310 g/mol. The van der Waals surface area contributed by atoms with Gasteiger partial charge in [-0.25, -0.2) is 4.79 Å². The highest BCUT2D eigenvalue weighted by Gasteiger charge is 2.08. The third kappa shape index (κ3) is 6.73. The zero-order valence-electron chi connectivity index (χ0n) is 14.6. The fraction of sp³-hybridized carbons (Fsp3) is 0.444. The van der Waals surface area contributed by atoms with Gasteiger partial charge in [0.1, 0.15) is 0 Å². The number of methoxy groups -OCH3 is 1. The molecule has 6 nitrogen and oxygen atoms in total. The Morgan fingerprint density at radius 3 is 2.62 bits per heavy atom. The molecule has 0 aromatic heterocycles. The van der Waals surface area contributed by atoms with Gasteiger partial charge >= 0.3 is 5.97 Å². The predicted molar refractivity (Wildman–Crippen MR) is 92.1 cm³/mol. The van der Waals surface area contributed by atoms with Crippen LogP contribution in [-0.2, 0) is 14.3 Å². The minimum absolute atomic E-state index is 0.0584. The Morgan fingerprint density at radius 2 is 2.00 bits per heavy atom. The van der Waals surface area contributed by atoms with Crippen molar-refractivity contribution in [2.45, 2.75) is 33.2 Å². The van der Waals surface area contributed by atoms with Gasteiger partial charge in [-0.05, 0) is 44.0 Å². The summed E-state index contributed by atoms with van der Waals surface area (Å²) in [6.45, 7) is 5.99. The zero-order chi connectivity index (χ0) is 17.9. The number of nitrogens with one attached hydrogen (secondary N) is 1. The van der Waals surface area contributed by atoms with Crippen LogP contribution in [0.1, 0.15) is 32.8 Å². The van der Waals surface area contributed by atoms with Crippen LogP contribution in [0.3, 0.4) is 0 Å². The second-order valence-electron chi connectivity index (χ2n) is 5.16. The monoisotopic (exact) mass is 335 g/mol. The van der Waals surface area contributed by atoms with Crippen molar-refractivity contribution >= 4 is 18.0 Å². The smallest absolute Gasteiger partial charge is 0.331 e. The Morgan fingerprint density at radius 1 is 1.25 bits per heavy atom. The first-order valence-corrected chi connectivity index (χ1v) is 7.95. The number of esters is 1. The van der Waals surface area contributed by atoms with Crippen molar-refractivity contribution in [3.63, 3.8) is 0 Å². The number of benzene rings is 1. The molecule has 6 heteroatoms. The topological polar surface area (TPSA) is 73.9 Å². The highest BCUT2D eigenvalue weighted by atomic mass is 16.5. The molecule has 132 valence electrons. The second-order valence-corrected chi connectivity index (χ2v) is 5.16. The van der Waals surface area contributed by atoms with Gasteiger partial charge in [0.25, 0.3) is 5.91 Å². The summed E-state index contributed by atoms with van der Waals surface area (Å²) in [5, 5.41) is 2.72. The van der Waals surface area contributed by atoms with Gasteiger partial charge in [-0.1, -0.05) is 13.0 Å². The molecule has 24 heavy (non-hydrogen) atoms. The number of amides is 1. The zero-order valence-corrected chi connectivity index (χ0v) is 14.6. The van der Waals surface area contributed by atoms with Crippen LogP contribution in [0.5, 0.6) is 11.5 Å². The van der Waals surface area contributed by atoms with Crippen LogP contribution in [0.4, 0.5) is 0 Å². The Hall–Kier alpha value is -2.50. The number of carbonyl (C=O) groups is 2. The molecular formula is C18H25NO5. The summed E-state index contributed by atoms with van der Waals surface area (Å²) < 4.78 is 15.6. The fourth-order valence-electron chi connectivity index (χ4n) is 1.83. The normalized spacial score (nSPS) is 11.8. The first kappa shape index (κ1) is 19.5. The maximum absolute atomic E-state index is 11.7. The third-order valence-electron chi connectivity index (χ3n) is 3.26. The molecule has 0 saturated carbocycles. The van der Waals surface area contributed by atoms with Gasteiger partial charge in [-0.2, -0.15) is 0 Å². The Balaban J connectivity index is 2.56. The molecule has 0 aliphatic carbocycles. The van der Waals surface area contributed by atoms with Gasteiger partial charge in [0.15, 0.2) is 18.1 Å². The van der Waals surface area contributed by atoms with Crippen LogP contribution in [-0.4, -0.2) is 38.2 Å². The maximum Gasteiger partial charge on any atom is 0.331 e. The quantitative estimate of drug-likeness (QED) is 0.554. The van der Waals surface area contributed by atoms with E-state index in [4.69, 9.17) is 14.2 Å². The van der Waals surface area contributed by atoms with Crippen molar-refractivity contribution in [3.05, 3.63) is 29.8 Å². The van der Waals surface area contributed by atoms with E-state index in [9.17, 15) is 9.59 Å². The van der Waals surface area contributed by atoms with Crippen LogP contribution in [0.25, 0.3) is 6.08 Å². The minimum atomic E-state index is -0.581. The molecule has 1 N–H and O–H groups in total. The van der Waals surface area contributed by atoms with E-state index in [2.05, 4.69) is 5.32 Å². The first-order chi connectivity index (χ1) is 11.5. The van der Waals surface area contributed by atoms with E-state index in [1.54, 1.807) is 31.4 Å². The molecule has 0 bridgehead atoms. The summed E-state index contributed by atoms with van der Waals surface area (Å²) in [6.07, 6.45) is 3.68.